The van der Waals surface area contributed by atoms with Crippen LogP contribution in [0.15, 0.2) is 84.9 Å². The number of Topliss-reactive ketones (excluding diaryl/α,β-unsaturated/α-hetero) is 1. The van der Waals surface area contributed by atoms with E-state index in [0.29, 0.717) is 40.5 Å². The van der Waals surface area contributed by atoms with Crippen molar-refractivity contribution in [3.8, 4) is 5.75 Å². The van der Waals surface area contributed by atoms with Gasteiger partial charge in [-0.1, -0.05) is 36.4 Å². The van der Waals surface area contributed by atoms with E-state index >= 15 is 0 Å². The van der Waals surface area contributed by atoms with Gasteiger partial charge in [0.1, 0.15) is 18.1 Å². The molecular formula is C29H26N2O5S. The summed E-state index contributed by atoms with van der Waals surface area (Å²) in [6, 6.07) is 25.9. The van der Waals surface area contributed by atoms with E-state index in [0.717, 1.165) is 22.9 Å². The van der Waals surface area contributed by atoms with Crippen LogP contribution in [0, 0.1) is 0 Å². The van der Waals surface area contributed by atoms with Crippen LogP contribution in [0.3, 0.4) is 0 Å². The number of aromatic nitrogens is 1. The number of carbonyl (C=O) groups excluding carboxylic acids is 1. The number of hydrogen-bond donors (Lipinski definition) is 1. The van der Waals surface area contributed by atoms with Crippen molar-refractivity contribution in [2.45, 2.75) is 26.1 Å². The lowest BCUT2D eigenvalue weighted by Gasteiger charge is -2.18. The number of ketones is 1. The Morgan fingerprint density at radius 1 is 0.892 bits per heavy atom. The zero-order valence-corrected chi connectivity index (χ0v) is 21.5. The molecule has 0 spiro atoms. The summed E-state index contributed by atoms with van der Waals surface area (Å²) < 4.78 is 37.5. The zero-order chi connectivity index (χ0) is 26.2. The quantitative estimate of drug-likeness (QED) is 0.353. The van der Waals surface area contributed by atoms with Gasteiger partial charge in [-0.15, -0.1) is 0 Å². The molecule has 188 valence electrons. The van der Waals surface area contributed by atoms with Gasteiger partial charge in [0.15, 0.2) is 5.60 Å². The maximum Gasteiger partial charge on any atom is 0.229 e. The second-order valence-electron chi connectivity index (χ2n) is 9.41. The maximum absolute atomic E-state index is 13.3. The van der Waals surface area contributed by atoms with E-state index in [1.54, 1.807) is 38.1 Å². The maximum atomic E-state index is 13.3. The van der Waals surface area contributed by atoms with E-state index in [1.165, 1.54) is 0 Å². The summed E-state index contributed by atoms with van der Waals surface area (Å²) in [4.78, 5) is 17.9. The Bertz CT molecular complexity index is 1620. The van der Waals surface area contributed by atoms with Crippen LogP contribution in [-0.2, 0) is 26.2 Å². The molecule has 0 unspecified atom stereocenters. The number of pyridine rings is 1. The van der Waals surface area contributed by atoms with Crippen molar-refractivity contribution in [1.82, 2.24) is 4.98 Å². The minimum Gasteiger partial charge on any atom is -0.487 e. The Balaban J connectivity index is 1.38. The van der Waals surface area contributed by atoms with Crippen molar-refractivity contribution in [2.75, 3.05) is 11.0 Å². The highest BCUT2D eigenvalue weighted by atomic mass is 32.2. The number of nitrogens with one attached hydrogen (secondary N) is 1. The average Bonchev–Trinajstić information content (AvgIpc) is 3.11. The van der Waals surface area contributed by atoms with Crippen LogP contribution in [0.4, 0.5) is 5.69 Å². The molecule has 1 N–H and O–H groups in total. The molecule has 0 radical (unpaired) electrons. The molecule has 5 rings (SSSR count). The first-order valence-electron chi connectivity index (χ1n) is 11.7. The monoisotopic (exact) mass is 514 g/mol. The van der Waals surface area contributed by atoms with Crippen LogP contribution in [0.1, 0.15) is 30.7 Å². The van der Waals surface area contributed by atoms with Crippen LogP contribution in [-0.4, -0.2) is 31.0 Å². The molecular weight excluding hydrogens is 488 g/mol. The van der Waals surface area contributed by atoms with Gasteiger partial charge in [0.2, 0.25) is 15.8 Å². The van der Waals surface area contributed by atoms with E-state index in [-0.39, 0.29) is 5.78 Å². The Kier molecular flexibility index (Phi) is 6.21. The minimum absolute atomic E-state index is 0.130. The fourth-order valence-electron chi connectivity index (χ4n) is 4.19. The predicted octanol–water partition coefficient (Wildman–Crippen LogP) is 5.43. The number of rotatable bonds is 7. The Morgan fingerprint density at radius 2 is 1.57 bits per heavy atom. The van der Waals surface area contributed by atoms with Crippen molar-refractivity contribution in [2.24, 2.45) is 0 Å². The van der Waals surface area contributed by atoms with Gasteiger partial charge in [-0.25, -0.2) is 13.4 Å². The number of fused-ring (bicyclic) bond motifs is 1. The van der Waals surface area contributed by atoms with Gasteiger partial charge in [0.05, 0.1) is 23.0 Å². The molecule has 0 atom stereocenters. The van der Waals surface area contributed by atoms with E-state index in [4.69, 9.17) is 9.47 Å². The fourth-order valence-corrected chi connectivity index (χ4v) is 4.75. The van der Waals surface area contributed by atoms with Gasteiger partial charge in [0, 0.05) is 16.6 Å². The van der Waals surface area contributed by atoms with Crippen LogP contribution < -0.4 is 9.46 Å². The third-order valence-corrected chi connectivity index (χ3v) is 6.60. The molecule has 8 heteroatoms. The predicted molar refractivity (Wildman–Crippen MR) is 144 cm³/mol. The number of para-hydroxylation sites is 1. The van der Waals surface area contributed by atoms with Gasteiger partial charge in [-0.05, 0) is 67.9 Å². The standard InChI is InChI=1S/C29H26N2O5S/c1-29(2)28(32)26(27(36-29)21-9-13-22(14-10-21)31-37(3,33)34)20-11-16-24(17-12-20)35-18-23-15-8-19-6-4-5-7-25(19)30-23/h4-17,31H,18H2,1-3H3. The molecule has 3 aromatic carbocycles. The minimum atomic E-state index is -3.39. The smallest absolute Gasteiger partial charge is 0.229 e. The average molecular weight is 515 g/mol. The van der Waals surface area contributed by atoms with Crippen LogP contribution in [0.5, 0.6) is 5.75 Å². The first kappa shape index (κ1) is 24.5. The molecule has 0 aliphatic carbocycles. The molecule has 4 aromatic rings. The molecule has 2 heterocycles. The second kappa shape index (κ2) is 9.37. The number of benzene rings is 3. The van der Waals surface area contributed by atoms with Gasteiger partial charge in [-0.3, -0.25) is 9.52 Å². The second-order valence-corrected chi connectivity index (χ2v) is 11.2. The highest BCUT2D eigenvalue weighted by Crippen LogP contribution is 2.41. The molecule has 1 aliphatic rings. The summed E-state index contributed by atoms with van der Waals surface area (Å²) in [5.41, 5.74) is 3.00. The summed E-state index contributed by atoms with van der Waals surface area (Å²) >= 11 is 0. The first-order valence-corrected chi connectivity index (χ1v) is 13.6. The molecule has 1 aromatic heterocycles. The Labute approximate surface area is 215 Å². The molecule has 37 heavy (non-hydrogen) atoms. The summed E-state index contributed by atoms with van der Waals surface area (Å²) in [7, 11) is -3.39. The molecule has 0 bridgehead atoms. The molecule has 0 amide bonds. The SMILES string of the molecule is CC1(C)OC(c2ccc(NS(C)(=O)=O)cc2)=C(c2ccc(OCc3ccc4ccccc4n3)cc2)C1=O. The van der Waals surface area contributed by atoms with E-state index in [1.807, 2.05) is 60.7 Å². The Hall–Kier alpha value is -4.17. The van der Waals surface area contributed by atoms with Crippen LogP contribution in [0.2, 0.25) is 0 Å². The summed E-state index contributed by atoms with van der Waals surface area (Å²) in [6.45, 7) is 3.78. The van der Waals surface area contributed by atoms with Crippen LogP contribution >= 0.6 is 0 Å². The fraction of sp³-hybridized carbons (Fsp3) is 0.172. The van der Waals surface area contributed by atoms with Gasteiger partial charge in [-0.2, -0.15) is 0 Å². The van der Waals surface area contributed by atoms with E-state index < -0.39 is 15.6 Å². The van der Waals surface area contributed by atoms with Crippen molar-refractivity contribution >= 4 is 43.7 Å². The third kappa shape index (κ3) is 5.34. The molecule has 0 fully saturated rings. The number of sulfonamides is 1. The summed E-state index contributed by atoms with van der Waals surface area (Å²) in [5, 5.41) is 1.08. The number of hydrogen-bond acceptors (Lipinski definition) is 6. The lowest BCUT2D eigenvalue weighted by molar-refractivity contribution is -0.125. The molecule has 7 nitrogen and oxygen atoms in total. The van der Waals surface area contributed by atoms with Gasteiger partial charge in [0.25, 0.3) is 0 Å². The van der Waals surface area contributed by atoms with Crippen molar-refractivity contribution < 1.29 is 22.7 Å². The first-order chi connectivity index (χ1) is 17.6. The number of ether oxygens (including phenoxy) is 2. The number of nitrogens with zero attached hydrogens (tertiary/aromatic N) is 1. The molecule has 0 saturated carbocycles. The summed E-state index contributed by atoms with van der Waals surface area (Å²) in [6.07, 6.45) is 1.09. The van der Waals surface area contributed by atoms with Crippen molar-refractivity contribution in [3.63, 3.8) is 0 Å². The lowest BCUT2D eigenvalue weighted by atomic mass is 9.92. The molecule has 1 aliphatic heterocycles. The Morgan fingerprint density at radius 3 is 2.27 bits per heavy atom. The van der Waals surface area contributed by atoms with Crippen LogP contribution in [0.25, 0.3) is 22.2 Å². The van der Waals surface area contributed by atoms with Gasteiger partial charge < -0.3 is 9.47 Å². The summed E-state index contributed by atoms with van der Waals surface area (Å²) in [5.74, 6) is 0.979. The van der Waals surface area contributed by atoms with Gasteiger partial charge >= 0.3 is 0 Å². The topological polar surface area (TPSA) is 94.6 Å². The van der Waals surface area contributed by atoms with E-state index in [2.05, 4.69) is 9.71 Å². The van der Waals surface area contributed by atoms with Crippen molar-refractivity contribution in [1.29, 1.82) is 0 Å². The molecule has 0 saturated heterocycles. The highest BCUT2D eigenvalue weighted by Gasteiger charge is 2.42. The third-order valence-electron chi connectivity index (χ3n) is 5.99. The lowest BCUT2D eigenvalue weighted by Crippen LogP contribution is -2.29. The zero-order valence-electron chi connectivity index (χ0n) is 20.7. The van der Waals surface area contributed by atoms with E-state index in [9.17, 15) is 13.2 Å². The largest absolute Gasteiger partial charge is 0.487 e. The normalized spacial score (nSPS) is 15.1. The number of carbonyl (C=O) groups is 1. The van der Waals surface area contributed by atoms with Crippen molar-refractivity contribution in [3.05, 3.63) is 102 Å². The highest BCUT2D eigenvalue weighted by molar-refractivity contribution is 7.92. The number of anilines is 1.